The molecule has 0 saturated heterocycles. The van der Waals surface area contributed by atoms with Gasteiger partial charge in [0.1, 0.15) is 6.61 Å². The number of rotatable bonds is 3. The first-order valence-electron chi connectivity index (χ1n) is 6.26. The van der Waals surface area contributed by atoms with E-state index < -0.39 is 0 Å². The van der Waals surface area contributed by atoms with E-state index in [1.54, 1.807) is 0 Å². The molecule has 18 heavy (non-hydrogen) atoms. The van der Waals surface area contributed by atoms with Gasteiger partial charge in [0.2, 0.25) is 0 Å². The minimum Gasteiger partial charge on any atom is -0.486 e. The van der Waals surface area contributed by atoms with Gasteiger partial charge in [0.15, 0.2) is 23.6 Å². The Kier molecular flexibility index (Phi) is 2.96. The molecule has 1 unspecified atom stereocenters. The van der Waals surface area contributed by atoms with E-state index in [0.717, 1.165) is 11.5 Å². The molecule has 1 aliphatic carbocycles. The molecule has 0 aromatic heterocycles. The standard InChI is InChI=1S/C13H17N3O2/c14-13(16-9-5-6-9)15-7-10-8-17-11-3-1-2-4-12(11)18-10/h1-4,9-10H,5-8H2,(H3,14,15,16). The fraction of sp³-hybridized carbons (Fsp3) is 0.462. The second kappa shape index (κ2) is 4.76. The van der Waals surface area contributed by atoms with Crippen LogP contribution in [-0.4, -0.2) is 31.3 Å². The summed E-state index contributed by atoms with van der Waals surface area (Å²) in [6.45, 7) is 1.02. The Morgan fingerprint density at radius 1 is 1.33 bits per heavy atom. The number of ether oxygens (including phenoxy) is 2. The highest BCUT2D eigenvalue weighted by molar-refractivity contribution is 5.78. The molecule has 5 nitrogen and oxygen atoms in total. The Bertz CT molecular complexity index is 457. The SMILES string of the molecule is NC(=NCC1COc2ccccc2O1)NC1CC1. The number of nitrogens with two attached hydrogens (primary N) is 1. The summed E-state index contributed by atoms with van der Waals surface area (Å²) in [7, 11) is 0. The molecule has 0 radical (unpaired) electrons. The van der Waals surface area contributed by atoms with Crippen molar-refractivity contribution in [3.63, 3.8) is 0 Å². The van der Waals surface area contributed by atoms with Crippen LogP contribution in [0.1, 0.15) is 12.8 Å². The molecule has 1 atom stereocenters. The van der Waals surface area contributed by atoms with E-state index in [-0.39, 0.29) is 6.10 Å². The van der Waals surface area contributed by atoms with E-state index >= 15 is 0 Å². The summed E-state index contributed by atoms with van der Waals surface area (Å²) in [6.07, 6.45) is 2.30. The largest absolute Gasteiger partial charge is 0.486 e. The predicted molar refractivity (Wildman–Crippen MR) is 69.0 cm³/mol. The average molecular weight is 247 g/mol. The first-order chi connectivity index (χ1) is 8.81. The topological polar surface area (TPSA) is 68.9 Å². The van der Waals surface area contributed by atoms with E-state index in [0.29, 0.717) is 25.2 Å². The van der Waals surface area contributed by atoms with Crippen LogP contribution >= 0.6 is 0 Å². The number of aliphatic imine (C=N–C) groups is 1. The van der Waals surface area contributed by atoms with Crippen LogP contribution in [0.5, 0.6) is 11.5 Å². The van der Waals surface area contributed by atoms with Crippen LogP contribution in [0.25, 0.3) is 0 Å². The van der Waals surface area contributed by atoms with Crippen LogP contribution < -0.4 is 20.5 Å². The summed E-state index contributed by atoms with van der Waals surface area (Å²) in [5, 5.41) is 3.14. The van der Waals surface area contributed by atoms with Crippen LogP contribution in [0.3, 0.4) is 0 Å². The van der Waals surface area contributed by atoms with E-state index in [1.807, 2.05) is 24.3 Å². The average Bonchev–Trinajstić information content (AvgIpc) is 3.20. The molecule has 1 aliphatic heterocycles. The molecule has 1 fully saturated rings. The quantitative estimate of drug-likeness (QED) is 0.615. The Morgan fingerprint density at radius 2 is 2.11 bits per heavy atom. The summed E-state index contributed by atoms with van der Waals surface area (Å²) < 4.78 is 11.4. The van der Waals surface area contributed by atoms with E-state index in [2.05, 4.69) is 10.3 Å². The predicted octanol–water partition coefficient (Wildman–Crippen LogP) is 0.893. The zero-order valence-corrected chi connectivity index (χ0v) is 10.1. The van der Waals surface area contributed by atoms with E-state index in [4.69, 9.17) is 15.2 Å². The number of benzene rings is 1. The number of fused-ring (bicyclic) bond motifs is 1. The molecule has 3 rings (SSSR count). The highest BCUT2D eigenvalue weighted by Gasteiger charge is 2.22. The van der Waals surface area contributed by atoms with Crippen molar-refractivity contribution in [3.8, 4) is 11.5 Å². The maximum Gasteiger partial charge on any atom is 0.188 e. The molecule has 1 saturated carbocycles. The van der Waals surface area contributed by atoms with Crippen LogP contribution in [0.2, 0.25) is 0 Å². The number of hydrogen-bond donors (Lipinski definition) is 2. The molecular weight excluding hydrogens is 230 g/mol. The van der Waals surface area contributed by atoms with Gasteiger partial charge in [0, 0.05) is 6.04 Å². The first-order valence-corrected chi connectivity index (χ1v) is 6.26. The minimum absolute atomic E-state index is 0.0700. The second-order valence-corrected chi connectivity index (χ2v) is 4.64. The van der Waals surface area contributed by atoms with Crippen molar-refractivity contribution in [2.45, 2.75) is 25.0 Å². The van der Waals surface area contributed by atoms with Crippen molar-refractivity contribution in [2.75, 3.05) is 13.2 Å². The summed E-state index contributed by atoms with van der Waals surface area (Å²) >= 11 is 0. The Hall–Kier alpha value is -1.91. The fourth-order valence-electron chi connectivity index (χ4n) is 1.84. The molecule has 0 bridgehead atoms. The summed E-state index contributed by atoms with van der Waals surface area (Å²) in [4.78, 5) is 4.28. The van der Waals surface area contributed by atoms with Gasteiger partial charge in [-0.15, -0.1) is 0 Å². The highest BCUT2D eigenvalue weighted by Crippen LogP contribution is 2.30. The van der Waals surface area contributed by atoms with Gasteiger partial charge in [-0.1, -0.05) is 12.1 Å². The third-order valence-electron chi connectivity index (χ3n) is 2.96. The maximum atomic E-state index is 5.79. The highest BCUT2D eigenvalue weighted by atomic mass is 16.6. The summed E-state index contributed by atoms with van der Waals surface area (Å²) in [5.41, 5.74) is 5.77. The lowest BCUT2D eigenvalue weighted by Crippen LogP contribution is -2.36. The Labute approximate surface area is 106 Å². The van der Waals surface area contributed by atoms with Gasteiger partial charge < -0.3 is 20.5 Å². The van der Waals surface area contributed by atoms with Crippen molar-refractivity contribution in [1.29, 1.82) is 0 Å². The van der Waals surface area contributed by atoms with Gasteiger partial charge in [-0.05, 0) is 25.0 Å². The van der Waals surface area contributed by atoms with Crippen molar-refractivity contribution >= 4 is 5.96 Å². The normalized spacial score (nSPS) is 22.7. The number of para-hydroxylation sites is 2. The van der Waals surface area contributed by atoms with Crippen LogP contribution in [0.4, 0.5) is 0 Å². The molecule has 2 aliphatic rings. The molecule has 1 aromatic carbocycles. The Morgan fingerprint density at radius 3 is 2.89 bits per heavy atom. The number of guanidine groups is 1. The number of nitrogens with one attached hydrogen (secondary N) is 1. The van der Waals surface area contributed by atoms with Gasteiger partial charge >= 0.3 is 0 Å². The van der Waals surface area contributed by atoms with Gasteiger partial charge in [0.25, 0.3) is 0 Å². The first kappa shape index (κ1) is 11.2. The fourth-order valence-corrected chi connectivity index (χ4v) is 1.84. The molecular formula is C13H17N3O2. The van der Waals surface area contributed by atoms with Crippen molar-refractivity contribution < 1.29 is 9.47 Å². The third-order valence-corrected chi connectivity index (χ3v) is 2.96. The molecule has 96 valence electrons. The van der Waals surface area contributed by atoms with E-state index in [1.165, 1.54) is 12.8 Å². The van der Waals surface area contributed by atoms with Gasteiger partial charge in [-0.2, -0.15) is 0 Å². The molecule has 1 heterocycles. The van der Waals surface area contributed by atoms with Crippen molar-refractivity contribution in [1.82, 2.24) is 5.32 Å². The molecule has 0 spiro atoms. The van der Waals surface area contributed by atoms with Crippen molar-refractivity contribution in [3.05, 3.63) is 24.3 Å². The molecule has 1 aromatic rings. The summed E-state index contributed by atoms with van der Waals surface area (Å²) in [6, 6.07) is 8.18. The van der Waals surface area contributed by atoms with E-state index in [9.17, 15) is 0 Å². The summed E-state index contributed by atoms with van der Waals surface area (Å²) in [5.74, 6) is 2.07. The lowest BCUT2D eigenvalue weighted by Gasteiger charge is -2.25. The van der Waals surface area contributed by atoms with Crippen molar-refractivity contribution in [2.24, 2.45) is 10.7 Å². The van der Waals surface area contributed by atoms with Crippen LogP contribution in [-0.2, 0) is 0 Å². The van der Waals surface area contributed by atoms with Gasteiger partial charge in [-0.3, -0.25) is 0 Å². The van der Waals surface area contributed by atoms with Crippen LogP contribution in [0, 0.1) is 0 Å². The number of hydrogen-bond acceptors (Lipinski definition) is 3. The number of nitrogens with zero attached hydrogens (tertiary/aromatic N) is 1. The zero-order chi connectivity index (χ0) is 12.4. The second-order valence-electron chi connectivity index (χ2n) is 4.64. The van der Waals surface area contributed by atoms with Gasteiger partial charge in [-0.25, -0.2) is 4.99 Å². The van der Waals surface area contributed by atoms with Gasteiger partial charge in [0.05, 0.1) is 6.54 Å². The third kappa shape index (κ3) is 2.67. The molecule has 3 N–H and O–H groups in total. The minimum atomic E-state index is -0.0700. The maximum absolute atomic E-state index is 5.79. The van der Waals surface area contributed by atoms with Crippen LogP contribution in [0.15, 0.2) is 29.3 Å². The Balaban J connectivity index is 1.55. The molecule has 0 amide bonds. The zero-order valence-electron chi connectivity index (χ0n) is 10.1. The molecule has 5 heteroatoms. The monoisotopic (exact) mass is 247 g/mol. The lowest BCUT2D eigenvalue weighted by atomic mass is 10.2. The lowest BCUT2D eigenvalue weighted by molar-refractivity contribution is 0.0971. The smallest absolute Gasteiger partial charge is 0.188 e.